The fraction of sp³-hybridized carbons (Fsp3) is 0.553. The molecular weight excluding hydrogens is 649 g/mol. The number of hydrogen-bond donors (Lipinski definition) is 1. The van der Waals surface area contributed by atoms with E-state index in [2.05, 4.69) is 107 Å². The van der Waals surface area contributed by atoms with E-state index in [1.165, 1.54) is 75.3 Å². The van der Waals surface area contributed by atoms with E-state index in [-0.39, 0.29) is 10.8 Å². The highest BCUT2D eigenvalue weighted by molar-refractivity contribution is 6.47. The highest BCUT2D eigenvalue weighted by Gasteiger charge is 2.36. The van der Waals surface area contributed by atoms with Crippen molar-refractivity contribution in [2.24, 2.45) is 17.8 Å². The predicted octanol–water partition coefficient (Wildman–Crippen LogP) is 10.8. The van der Waals surface area contributed by atoms with Crippen molar-refractivity contribution in [3.63, 3.8) is 0 Å². The molecule has 3 unspecified atom stereocenters. The molecule has 2 aliphatic rings. The van der Waals surface area contributed by atoms with Crippen LogP contribution < -0.4 is 5.46 Å². The Morgan fingerprint density at radius 3 is 1.53 bits per heavy atom. The molecule has 6 heteroatoms. The van der Waals surface area contributed by atoms with Crippen LogP contribution >= 0.6 is 0 Å². The Kier molecular flexibility index (Phi) is 11.7. The van der Waals surface area contributed by atoms with Crippen LogP contribution in [0.3, 0.4) is 0 Å². The van der Waals surface area contributed by atoms with Crippen molar-refractivity contribution in [3.05, 3.63) is 83.9 Å². The summed E-state index contributed by atoms with van der Waals surface area (Å²) in [5.41, 5.74) is 5.52. The van der Waals surface area contributed by atoms with E-state index in [4.69, 9.17) is 19.6 Å². The van der Waals surface area contributed by atoms with Gasteiger partial charge >= 0.3 is 7.48 Å². The molecule has 1 heterocycles. The Morgan fingerprint density at radius 2 is 1.04 bits per heavy atom. The lowest BCUT2D eigenvalue weighted by molar-refractivity contribution is -0.0893. The van der Waals surface area contributed by atoms with Gasteiger partial charge in [-0.2, -0.15) is 0 Å². The number of aliphatic hydroxyl groups is 1. The van der Waals surface area contributed by atoms with Gasteiger partial charge in [-0.1, -0.05) is 145 Å². The van der Waals surface area contributed by atoms with Gasteiger partial charge < -0.3 is 9.76 Å². The first kappa shape index (κ1) is 39.4. The zero-order chi connectivity index (χ0) is 38.0. The number of aromatic nitrogens is 3. The predicted molar refractivity (Wildman–Crippen MR) is 223 cm³/mol. The lowest BCUT2D eigenvalue weighted by atomic mass is 9.68. The van der Waals surface area contributed by atoms with Gasteiger partial charge in [-0.15, -0.1) is 0 Å². The summed E-state index contributed by atoms with van der Waals surface area (Å²) in [5, 5.41) is 10.6. The summed E-state index contributed by atoms with van der Waals surface area (Å²) in [6.07, 6.45) is 12.8. The van der Waals surface area contributed by atoms with Crippen molar-refractivity contribution >= 4 is 12.9 Å². The molecule has 5 atom stereocenters. The summed E-state index contributed by atoms with van der Waals surface area (Å²) in [6, 6.07) is 26.4. The van der Waals surface area contributed by atoms with Crippen LogP contribution in [0.1, 0.15) is 138 Å². The fourth-order valence-electron chi connectivity index (χ4n) is 9.10. The van der Waals surface area contributed by atoms with Crippen LogP contribution in [-0.2, 0) is 15.5 Å². The highest BCUT2D eigenvalue weighted by atomic mass is 16.5. The van der Waals surface area contributed by atoms with Gasteiger partial charge in [0, 0.05) is 16.7 Å². The molecule has 3 aromatic carbocycles. The summed E-state index contributed by atoms with van der Waals surface area (Å²) in [6.45, 7) is 19.6. The maximum Gasteiger partial charge on any atom is 0.309 e. The maximum atomic E-state index is 10.6. The van der Waals surface area contributed by atoms with Crippen LogP contribution in [0.25, 0.3) is 34.2 Å². The first-order valence-electron chi connectivity index (χ1n) is 20.5. The molecule has 1 aromatic heterocycles. The number of rotatable bonds is 9. The second-order valence-electron chi connectivity index (χ2n) is 18.7. The van der Waals surface area contributed by atoms with Gasteiger partial charge in [0.2, 0.25) is 0 Å². The SMILES string of the molecule is CC1CCCC(C)(c2ccc(-c3nc(-c4ccc(BOC(C)(C)C(C)(C)O)cc4)nc(-c4ccc(C5(C)CCCC[C@H](C)C5)cc4)n3)cc2)C[C@H](C)C1. The minimum Gasteiger partial charge on any atom is -0.427 e. The van der Waals surface area contributed by atoms with E-state index < -0.39 is 11.2 Å². The summed E-state index contributed by atoms with van der Waals surface area (Å²) >= 11 is 0. The molecule has 6 rings (SSSR count). The molecule has 2 aliphatic carbocycles. The molecule has 53 heavy (non-hydrogen) atoms. The molecule has 1 N–H and O–H groups in total. The topological polar surface area (TPSA) is 68.1 Å². The molecule has 2 saturated carbocycles. The molecule has 282 valence electrons. The molecule has 0 amide bonds. The van der Waals surface area contributed by atoms with Crippen molar-refractivity contribution < 1.29 is 9.76 Å². The quantitative estimate of drug-likeness (QED) is 0.138. The van der Waals surface area contributed by atoms with Gasteiger partial charge in [-0.25, -0.2) is 15.0 Å². The Bertz CT molecular complexity index is 1820. The Hall–Kier alpha value is -3.35. The monoisotopic (exact) mass is 714 g/mol. The van der Waals surface area contributed by atoms with Gasteiger partial charge in [0.25, 0.3) is 0 Å². The second-order valence-corrected chi connectivity index (χ2v) is 18.7. The normalized spacial score (nSPS) is 26.0. The van der Waals surface area contributed by atoms with Crippen molar-refractivity contribution in [3.8, 4) is 34.2 Å². The first-order valence-corrected chi connectivity index (χ1v) is 20.5. The van der Waals surface area contributed by atoms with Gasteiger partial charge in [0.15, 0.2) is 17.5 Å². The van der Waals surface area contributed by atoms with Gasteiger partial charge in [-0.3, -0.25) is 0 Å². The third kappa shape index (κ3) is 9.31. The molecule has 0 aliphatic heterocycles. The largest absolute Gasteiger partial charge is 0.427 e. The van der Waals surface area contributed by atoms with E-state index in [1.54, 1.807) is 13.8 Å². The van der Waals surface area contributed by atoms with E-state index in [1.807, 2.05) is 13.8 Å². The second kappa shape index (κ2) is 15.8. The standard InChI is InChI=1S/C47H64BN3O2/c1-32-14-12-28-47(9,31-34(3)29-32)39-23-17-36(18-24-39)42-49-41(35-15-21-38(22-16-35)46(8)27-11-10-13-33(2)30-46)50-43(51-42)37-19-25-40(26-20-37)48-53-45(6,7)44(4,5)52/h15-26,32-34,48,52H,10-14,27-31H2,1-9H3/t32?,33-,34+,46?,47?/m0/s1. The summed E-state index contributed by atoms with van der Waals surface area (Å²) in [7, 11) is 0.401. The van der Waals surface area contributed by atoms with Crippen molar-refractivity contribution in [2.45, 2.75) is 149 Å². The molecule has 0 spiro atoms. The van der Waals surface area contributed by atoms with Crippen LogP contribution in [0.4, 0.5) is 0 Å². The highest BCUT2D eigenvalue weighted by Crippen LogP contribution is 2.42. The molecule has 2 fully saturated rings. The third-order valence-electron chi connectivity index (χ3n) is 13.1. The van der Waals surface area contributed by atoms with Crippen molar-refractivity contribution in [2.75, 3.05) is 0 Å². The summed E-state index contributed by atoms with van der Waals surface area (Å²) in [5.74, 6) is 4.31. The molecule has 0 bridgehead atoms. The molecule has 0 saturated heterocycles. The minimum atomic E-state index is -0.962. The molecule has 4 aromatic rings. The molecule has 0 radical (unpaired) electrons. The van der Waals surface area contributed by atoms with E-state index in [0.717, 1.165) is 39.9 Å². The van der Waals surface area contributed by atoms with Crippen LogP contribution in [0.5, 0.6) is 0 Å². The van der Waals surface area contributed by atoms with E-state index in [9.17, 15) is 5.11 Å². The maximum absolute atomic E-state index is 10.6. The van der Waals surface area contributed by atoms with Crippen LogP contribution in [0.15, 0.2) is 72.8 Å². The Morgan fingerprint density at radius 1 is 0.604 bits per heavy atom. The number of benzene rings is 3. The van der Waals surface area contributed by atoms with Crippen LogP contribution in [0, 0.1) is 17.8 Å². The molecular formula is C47H64BN3O2. The lowest BCUT2D eigenvalue weighted by Crippen LogP contribution is -2.49. The molecule has 5 nitrogen and oxygen atoms in total. The van der Waals surface area contributed by atoms with E-state index in [0.29, 0.717) is 25.0 Å². The zero-order valence-electron chi connectivity index (χ0n) is 34.1. The summed E-state index contributed by atoms with van der Waals surface area (Å²) < 4.78 is 6.15. The van der Waals surface area contributed by atoms with Gasteiger partial charge in [-0.05, 0) is 99.5 Å². The van der Waals surface area contributed by atoms with E-state index >= 15 is 0 Å². The number of nitrogens with zero attached hydrogens (tertiary/aromatic N) is 3. The summed E-state index contributed by atoms with van der Waals surface area (Å²) in [4.78, 5) is 15.3. The average Bonchev–Trinajstić information content (AvgIpc) is 3.30. The Labute approximate surface area is 321 Å². The third-order valence-corrected chi connectivity index (χ3v) is 13.1. The van der Waals surface area contributed by atoms with Crippen molar-refractivity contribution in [1.82, 2.24) is 15.0 Å². The zero-order valence-corrected chi connectivity index (χ0v) is 34.1. The van der Waals surface area contributed by atoms with Crippen LogP contribution in [-0.4, -0.2) is 38.7 Å². The fourth-order valence-corrected chi connectivity index (χ4v) is 9.10. The van der Waals surface area contributed by atoms with Gasteiger partial charge in [0.05, 0.1) is 11.2 Å². The van der Waals surface area contributed by atoms with Gasteiger partial charge in [0.1, 0.15) is 0 Å². The number of hydrogen-bond acceptors (Lipinski definition) is 5. The first-order chi connectivity index (χ1) is 25.0. The Balaban J connectivity index is 1.33. The average molecular weight is 714 g/mol. The lowest BCUT2D eigenvalue weighted by Gasteiger charge is -2.37. The smallest absolute Gasteiger partial charge is 0.309 e. The van der Waals surface area contributed by atoms with Crippen molar-refractivity contribution in [1.29, 1.82) is 0 Å². The minimum absolute atomic E-state index is 0.175. The van der Waals surface area contributed by atoms with Crippen LogP contribution in [0.2, 0.25) is 0 Å².